The second-order valence-electron chi connectivity index (χ2n) is 4.28. The number of aromatic nitrogens is 2. The molecule has 0 spiro atoms. The average molecular weight is 289 g/mol. The van der Waals surface area contributed by atoms with E-state index in [9.17, 15) is 15.0 Å². The summed E-state index contributed by atoms with van der Waals surface area (Å²) in [6.45, 7) is 0. The van der Waals surface area contributed by atoms with Gasteiger partial charge in [-0.05, 0) is 12.1 Å². The lowest BCUT2D eigenvalue weighted by Gasteiger charge is -2.04. The van der Waals surface area contributed by atoms with Gasteiger partial charge in [-0.3, -0.25) is 4.79 Å². The van der Waals surface area contributed by atoms with Crippen molar-refractivity contribution in [2.24, 2.45) is 0 Å². The number of rotatable bonds is 1. The molecule has 2 aromatic carbocycles. The fourth-order valence-corrected chi connectivity index (χ4v) is 2.04. The van der Waals surface area contributed by atoms with Gasteiger partial charge in [-0.1, -0.05) is 23.7 Å². The maximum absolute atomic E-state index is 12.0. The Morgan fingerprint density at radius 2 is 1.70 bits per heavy atom. The van der Waals surface area contributed by atoms with E-state index in [0.29, 0.717) is 21.6 Å². The van der Waals surface area contributed by atoms with Gasteiger partial charge in [0.25, 0.3) is 5.56 Å². The molecule has 1 aromatic heterocycles. The Morgan fingerprint density at radius 1 is 1.05 bits per heavy atom. The zero-order valence-electron chi connectivity index (χ0n) is 10.1. The van der Waals surface area contributed by atoms with Gasteiger partial charge in [0, 0.05) is 22.7 Å². The maximum Gasteiger partial charge on any atom is 0.274 e. The standard InChI is InChI=1S/C14H9ClN2O3/c15-8-3-1-7(2-4-8)13-14(20)17-10-6-12(19)11(18)5-9(10)16-13/h1-6,18-19H,(H,17,20). The van der Waals surface area contributed by atoms with Gasteiger partial charge in [-0.2, -0.15) is 0 Å². The molecule has 5 nitrogen and oxygen atoms in total. The molecule has 0 aliphatic heterocycles. The molecule has 0 radical (unpaired) electrons. The first-order valence-electron chi connectivity index (χ1n) is 5.76. The Kier molecular flexibility index (Phi) is 2.84. The molecule has 0 amide bonds. The summed E-state index contributed by atoms with van der Waals surface area (Å²) in [5.41, 5.74) is 1.18. The molecule has 1 heterocycles. The minimum absolute atomic E-state index is 0.222. The Hall–Kier alpha value is -2.53. The lowest BCUT2D eigenvalue weighted by Crippen LogP contribution is -2.11. The van der Waals surface area contributed by atoms with Crippen LogP contribution in [0.1, 0.15) is 0 Å². The van der Waals surface area contributed by atoms with Crippen molar-refractivity contribution in [1.29, 1.82) is 0 Å². The highest BCUT2D eigenvalue weighted by Gasteiger charge is 2.10. The van der Waals surface area contributed by atoms with Crippen molar-refractivity contribution in [3.63, 3.8) is 0 Å². The number of nitrogens with zero attached hydrogens (tertiary/aromatic N) is 1. The number of phenolic OH excluding ortho intramolecular Hbond substituents is 2. The van der Waals surface area contributed by atoms with Crippen LogP contribution in [0.25, 0.3) is 22.3 Å². The highest BCUT2D eigenvalue weighted by molar-refractivity contribution is 6.30. The quantitative estimate of drug-likeness (QED) is 0.601. The molecule has 3 N–H and O–H groups in total. The molecular weight excluding hydrogens is 280 g/mol. The number of aromatic amines is 1. The Bertz CT molecular complexity index is 857. The van der Waals surface area contributed by atoms with Crippen LogP contribution in [0.4, 0.5) is 0 Å². The van der Waals surface area contributed by atoms with Gasteiger partial charge in [-0.25, -0.2) is 4.98 Å². The van der Waals surface area contributed by atoms with Crippen LogP contribution in [0.5, 0.6) is 11.5 Å². The van der Waals surface area contributed by atoms with Crippen molar-refractivity contribution in [2.45, 2.75) is 0 Å². The molecule has 3 rings (SSSR count). The van der Waals surface area contributed by atoms with Crippen LogP contribution in [-0.2, 0) is 0 Å². The van der Waals surface area contributed by atoms with E-state index in [-0.39, 0.29) is 22.8 Å². The summed E-state index contributed by atoms with van der Waals surface area (Å²) >= 11 is 5.80. The second kappa shape index (κ2) is 4.54. The van der Waals surface area contributed by atoms with Crippen molar-refractivity contribution in [1.82, 2.24) is 9.97 Å². The third-order valence-electron chi connectivity index (χ3n) is 2.91. The molecule has 0 saturated carbocycles. The van der Waals surface area contributed by atoms with Gasteiger partial charge >= 0.3 is 0 Å². The number of hydrogen-bond donors (Lipinski definition) is 3. The van der Waals surface area contributed by atoms with Crippen LogP contribution in [0, 0.1) is 0 Å². The first-order chi connectivity index (χ1) is 9.54. The van der Waals surface area contributed by atoms with Crippen molar-refractivity contribution < 1.29 is 10.2 Å². The summed E-state index contributed by atoms with van der Waals surface area (Å²) < 4.78 is 0. The fourth-order valence-electron chi connectivity index (χ4n) is 1.91. The van der Waals surface area contributed by atoms with E-state index in [1.807, 2.05) is 0 Å². The Balaban J connectivity index is 2.26. The molecule has 20 heavy (non-hydrogen) atoms. The van der Waals surface area contributed by atoms with E-state index in [0.717, 1.165) is 0 Å². The van der Waals surface area contributed by atoms with Crippen LogP contribution < -0.4 is 5.56 Å². The maximum atomic E-state index is 12.0. The van der Waals surface area contributed by atoms with E-state index < -0.39 is 0 Å². The third-order valence-corrected chi connectivity index (χ3v) is 3.16. The number of H-pyrrole nitrogens is 1. The molecule has 0 atom stereocenters. The van der Waals surface area contributed by atoms with Crippen LogP contribution >= 0.6 is 11.6 Å². The summed E-state index contributed by atoms with van der Waals surface area (Å²) in [6, 6.07) is 9.25. The zero-order chi connectivity index (χ0) is 14.3. The van der Waals surface area contributed by atoms with Crippen LogP contribution in [0.2, 0.25) is 5.02 Å². The molecule has 0 unspecified atom stereocenters. The van der Waals surface area contributed by atoms with Crippen molar-refractivity contribution in [2.75, 3.05) is 0 Å². The Morgan fingerprint density at radius 3 is 2.40 bits per heavy atom. The molecule has 0 fully saturated rings. The number of aromatic hydroxyl groups is 2. The van der Waals surface area contributed by atoms with E-state index in [4.69, 9.17) is 11.6 Å². The van der Waals surface area contributed by atoms with E-state index in [2.05, 4.69) is 9.97 Å². The summed E-state index contributed by atoms with van der Waals surface area (Å²) in [7, 11) is 0. The number of phenols is 2. The monoisotopic (exact) mass is 288 g/mol. The van der Waals surface area contributed by atoms with E-state index in [1.54, 1.807) is 24.3 Å². The molecule has 0 bridgehead atoms. The molecular formula is C14H9ClN2O3. The molecule has 0 aliphatic carbocycles. The van der Waals surface area contributed by atoms with Crippen LogP contribution in [-0.4, -0.2) is 20.2 Å². The normalized spacial score (nSPS) is 10.8. The van der Waals surface area contributed by atoms with Crippen molar-refractivity contribution in [3.8, 4) is 22.8 Å². The SMILES string of the molecule is O=c1[nH]c2cc(O)c(O)cc2nc1-c1ccc(Cl)cc1. The Labute approximate surface area is 118 Å². The first-order valence-corrected chi connectivity index (χ1v) is 6.14. The van der Waals surface area contributed by atoms with Crippen LogP contribution in [0.3, 0.4) is 0 Å². The molecule has 100 valence electrons. The topological polar surface area (TPSA) is 86.2 Å². The average Bonchev–Trinajstić information content (AvgIpc) is 2.41. The van der Waals surface area contributed by atoms with Gasteiger partial charge in [0.2, 0.25) is 0 Å². The lowest BCUT2D eigenvalue weighted by molar-refractivity contribution is 0.404. The third kappa shape index (κ3) is 2.08. The van der Waals surface area contributed by atoms with Gasteiger partial charge in [0.1, 0.15) is 5.69 Å². The molecule has 6 heteroatoms. The molecule has 3 aromatic rings. The summed E-state index contributed by atoms with van der Waals surface area (Å²) in [5, 5.41) is 19.5. The largest absolute Gasteiger partial charge is 0.504 e. The fraction of sp³-hybridized carbons (Fsp3) is 0. The van der Waals surface area contributed by atoms with E-state index >= 15 is 0 Å². The van der Waals surface area contributed by atoms with Crippen molar-refractivity contribution in [3.05, 3.63) is 51.8 Å². The molecule has 0 aliphatic rings. The summed E-state index contributed by atoms with van der Waals surface area (Å²) in [4.78, 5) is 18.9. The predicted molar refractivity (Wildman–Crippen MR) is 76.1 cm³/mol. The van der Waals surface area contributed by atoms with Crippen molar-refractivity contribution >= 4 is 22.6 Å². The van der Waals surface area contributed by atoms with Gasteiger partial charge < -0.3 is 15.2 Å². The highest BCUT2D eigenvalue weighted by atomic mass is 35.5. The van der Waals surface area contributed by atoms with E-state index in [1.165, 1.54) is 12.1 Å². The lowest BCUT2D eigenvalue weighted by atomic mass is 10.1. The zero-order valence-corrected chi connectivity index (χ0v) is 10.8. The first kappa shape index (κ1) is 12.5. The molecule has 0 saturated heterocycles. The number of fused-ring (bicyclic) bond motifs is 1. The second-order valence-corrected chi connectivity index (χ2v) is 4.72. The van der Waals surface area contributed by atoms with Gasteiger partial charge in [0.05, 0.1) is 11.0 Å². The van der Waals surface area contributed by atoms with Crippen LogP contribution in [0.15, 0.2) is 41.2 Å². The minimum Gasteiger partial charge on any atom is -0.504 e. The summed E-state index contributed by atoms with van der Waals surface area (Å²) in [6.07, 6.45) is 0. The smallest absolute Gasteiger partial charge is 0.274 e. The number of halogens is 1. The highest BCUT2D eigenvalue weighted by Crippen LogP contribution is 2.28. The summed E-state index contributed by atoms with van der Waals surface area (Å²) in [5.74, 6) is -0.603. The number of benzene rings is 2. The minimum atomic E-state index is -0.384. The predicted octanol–water partition coefficient (Wildman–Crippen LogP) is 2.65. The van der Waals surface area contributed by atoms with Gasteiger partial charge in [0.15, 0.2) is 11.5 Å². The number of nitrogens with one attached hydrogen (secondary N) is 1. The van der Waals surface area contributed by atoms with Gasteiger partial charge in [-0.15, -0.1) is 0 Å². The number of hydrogen-bond acceptors (Lipinski definition) is 4.